The van der Waals surface area contributed by atoms with E-state index in [1.807, 2.05) is 25.2 Å². The molecule has 0 bridgehead atoms. The second kappa shape index (κ2) is 7.08. The van der Waals surface area contributed by atoms with Gasteiger partial charge in [-0.3, -0.25) is 4.79 Å². The van der Waals surface area contributed by atoms with E-state index in [0.717, 1.165) is 5.56 Å². The van der Waals surface area contributed by atoms with Crippen LogP contribution in [0.4, 0.5) is 10.1 Å². The zero-order valence-corrected chi connectivity index (χ0v) is 15.1. The fraction of sp³-hybridized carbons (Fsp3) is 0.0526. The predicted octanol–water partition coefficient (Wildman–Crippen LogP) is 4.00. The minimum absolute atomic E-state index is 0.228. The number of para-hydroxylation sites is 1. The number of nitrogens with one attached hydrogen (secondary N) is 1. The Morgan fingerprint density at radius 2 is 1.85 bits per heavy atom. The molecule has 0 saturated carbocycles. The number of aromatic nitrogens is 4. The number of aryl methyl sites for hydroxylation is 1. The molecule has 2 aromatic heterocycles. The molecule has 1 N–H and O–H groups in total. The number of halogens is 1. The quantitative estimate of drug-likeness (QED) is 0.582. The second-order valence-electron chi connectivity index (χ2n) is 5.78. The average molecular weight is 379 g/mol. The minimum Gasteiger partial charge on any atom is -0.320 e. The number of hydrogen-bond acceptors (Lipinski definition) is 5. The number of thiazole rings is 1. The van der Waals surface area contributed by atoms with Crippen LogP contribution in [-0.4, -0.2) is 25.7 Å². The van der Waals surface area contributed by atoms with E-state index in [1.165, 1.54) is 17.4 Å². The highest BCUT2D eigenvalue weighted by atomic mass is 32.1. The number of benzene rings is 2. The Kier molecular flexibility index (Phi) is 4.47. The number of carbonyl (C=O) groups is 1. The molecule has 0 atom stereocenters. The monoisotopic (exact) mass is 379 g/mol. The van der Waals surface area contributed by atoms with Crippen LogP contribution in [-0.2, 0) is 7.05 Å². The van der Waals surface area contributed by atoms with Crippen molar-refractivity contribution in [2.45, 2.75) is 0 Å². The normalized spacial score (nSPS) is 10.7. The first-order valence-electron chi connectivity index (χ1n) is 8.08. The summed E-state index contributed by atoms with van der Waals surface area (Å²) < 4.78 is 15.7. The number of carbonyl (C=O) groups excluding carboxylic acids is 1. The average Bonchev–Trinajstić information content (AvgIpc) is 3.32. The van der Waals surface area contributed by atoms with Crippen molar-refractivity contribution in [2.24, 2.45) is 7.05 Å². The molecule has 2 aromatic carbocycles. The van der Waals surface area contributed by atoms with Crippen molar-refractivity contribution in [3.05, 3.63) is 71.7 Å². The van der Waals surface area contributed by atoms with Crippen molar-refractivity contribution in [3.63, 3.8) is 0 Å². The maximum absolute atomic E-state index is 13.9. The smallest absolute Gasteiger partial charge is 0.275 e. The Hall–Kier alpha value is -3.39. The number of rotatable bonds is 4. The molecule has 8 heteroatoms. The van der Waals surface area contributed by atoms with Gasteiger partial charge in [-0.2, -0.15) is 0 Å². The van der Waals surface area contributed by atoms with Gasteiger partial charge in [0.2, 0.25) is 0 Å². The zero-order chi connectivity index (χ0) is 18.8. The third kappa shape index (κ3) is 3.34. The van der Waals surface area contributed by atoms with Crippen molar-refractivity contribution in [3.8, 4) is 22.0 Å². The largest absolute Gasteiger partial charge is 0.320 e. The van der Waals surface area contributed by atoms with E-state index in [9.17, 15) is 9.18 Å². The van der Waals surface area contributed by atoms with Crippen molar-refractivity contribution in [2.75, 3.05) is 5.32 Å². The van der Waals surface area contributed by atoms with Crippen LogP contribution in [0.25, 0.3) is 22.0 Å². The third-order valence-electron chi connectivity index (χ3n) is 3.97. The van der Waals surface area contributed by atoms with E-state index >= 15 is 0 Å². The number of anilines is 1. The van der Waals surface area contributed by atoms with Gasteiger partial charge in [0.05, 0.1) is 5.69 Å². The van der Waals surface area contributed by atoms with Gasteiger partial charge in [-0.15, -0.1) is 21.5 Å². The Morgan fingerprint density at radius 1 is 1.11 bits per heavy atom. The van der Waals surface area contributed by atoms with Crippen LogP contribution in [0.2, 0.25) is 0 Å². The molecule has 0 saturated heterocycles. The molecule has 0 aliphatic rings. The molecule has 0 fully saturated rings. The summed E-state index contributed by atoms with van der Waals surface area (Å²) in [5.74, 6) is -0.105. The lowest BCUT2D eigenvalue weighted by molar-refractivity contribution is 0.102. The topological polar surface area (TPSA) is 72.7 Å². The van der Waals surface area contributed by atoms with Crippen molar-refractivity contribution < 1.29 is 9.18 Å². The lowest BCUT2D eigenvalue weighted by Crippen LogP contribution is -2.13. The molecule has 134 valence electrons. The fourth-order valence-corrected chi connectivity index (χ4v) is 3.46. The predicted molar refractivity (Wildman–Crippen MR) is 102 cm³/mol. The first-order chi connectivity index (χ1) is 13.1. The Morgan fingerprint density at radius 3 is 2.59 bits per heavy atom. The van der Waals surface area contributed by atoms with E-state index in [-0.39, 0.29) is 17.4 Å². The Bertz CT molecular complexity index is 1120. The van der Waals surface area contributed by atoms with Crippen LogP contribution >= 0.6 is 11.3 Å². The highest BCUT2D eigenvalue weighted by Crippen LogP contribution is 2.28. The first kappa shape index (κ1) is 17.0. The van der Waals surface area contributed by atoms with Gasteiger partial charge in [0.1, 0.15) is 22.8 Å². The lowest BCUT2D eigenvalue weighted by Gasteiger charge is -2.09. The summed E-state index contributed by atoms with van der Waals surface area (Å²) in [6, 6.07) is 13.7. The van der Waals surface area contributed by atoms with Gasteiger partial charge in [-0.05, 0) is 24.3 Å². The highest BCUT2D eigenvalue weighted by molar-refractivity contribution is 7.13. The summed E-state index contributed by atoms with van der Waals surface area (Å²) in [6.07, 6.45) is 1.59. The van der Waals surface area contributed by atoms with Crippen molar-refractivity contribution in [1.82, 2.24) is 19.7 Å². The summed E-state index contributed by atoms with van der Waals surface area (Å²) >= 11 is 1.22. The number of hydrogen-bond donors (Lipinski definition) is 1. The standard InChI is InChI=1S/C19H14FN5OS/c1-25-11-21-24-17(25)13-7-3-5-9-15(13)22-18(26)16-10-27-19(23-16)12-6-2-4-8-14(12)20/h2-11H,1H3,(H,22,26). The summed E-state index contributed by atoms with van der Waals surface area (Å²) in [6.45, 7) is 0. The first-order valence-corrected chi connectivity index (χ1v) is 8.96. The molecule has 1 amide bonds. The van der Waals surface area contributed by atoms with E-state index in [1.54, 1.807) is 40.5 Å². The molecule has 2 heterocycles. The van der Waals surface area contributed by atoms with Gasteiger partial charge in [-0.1, -0.05) is 24.3 Å². The molecule has 4 rings (SSSR count). The molecule has 0 spiro atoms. The molecule has 0 unspecified atom stereocenters. The van der Waals surface area contributed by atoms with Crippen LogP contribution in [0, 0.1) is 5.82 Å². The van der Waals surface area contributed by atoms with E-state index in [0.29, 0.717) is 22.1 Å². The molecule has 0 aliphatic carbocycles. The SMILES string of the molecule is Cn1cnnc1-c1ccccc1NC(=O)c1csc(-c2ccccc2F)n1. The molecule has 0 radical (unpaired) electrons. The van der Waals surface area contributed by atoms with E-state index < -0.39 is 0 Å². The Balaban J connectivity index is 1.61. The maximum Gasteiger partial charge on any atom is 0.275 e. The van der Waals surface area contributed by atoms with Crippen LogP contribution in [0.5, 0.6) is 0 Å². The van der Waals surface area contributed by atoms with E-state index in [2.05, 4.69) is 20.5 Å². The Labute approximate surface area is 158 Å². The summed E-state index contributed by atoms with van der Waals surface area (Å²) in [5.41, 5.74) is 1.95. The summed E-state index contributed by atoms with van der Waals surface area (Å²) in [5, 5.41) is 12.9. The number of nitrogens with zero attached hydrogens (tertiary/aromatic N) is 4. The molecular weight excluding hydrogens is 365 g/mol. The van der Waals surface area contributed by atoms with Crippen molar-refractivity contribution >= 4 is 22.9 Å². The van der Waals surface area contributed by atoms with Gasteiger partial charge in [0, 0.05) is 23.6 Å². The highest BCUT2D eigenvalue weighted by Gasteiger charge is 2.17. The van der Waals surface area contributed by atoms with Crippen molar-refractivity contribution in [1.29, 1.82) is 0 Å². The van der Waals surface area contributed by atoms with Gasteiger partial charge >= 0.3 is 0 Å². The van der Waals surface area contributed by atoms with Gasteiger partial charge in [0.25, 0.3) is 5.91 Å². The summed E-state index contributed by atoms with van der Waals surface area (Å²) in [7, 11) is 1.83. The van der Waals surface area contributed by atoms with Crippen LogP contribution in [0.15, 0.2) is 60.2 Å². The van der Waals surface area contributed by atoms with Gasteiger partial charge < -0.3 is 9.88 Å². The van der Waals surface area contributed by atoms with E-state index in [4.69, 9.17) is 0 Å². The molecule has 27 heavy (non-hydrogen) atoms. The van der Waals surface area contributed by atoms with Gasteiger partial charge in [-0.25, -0.2) is 9.37 Å². The zero-order valence-electron chi connectivity index (χ0n) is 14.3. The maximum atomic E-state index is 13.9. The molecular formula is C19H14FN5OS. The summed E-state index contributed by atoms with van der Waals surface area (Å²) in [4.78, 5) is 16.9. The minimum atomic E-state index is -0.372. The van der Waals surface area contributed by atoms with Crippen LogP contribution in [0.3, 0.4) is 0 Å². The van der Waals surface area contributed by atoms with Gasteiger partial charge in [0.15, 0.2) is 5.82 Å². The molecule has 6 nitrogen and oxygen atoms in total. The second-order valence-corrected chi connectivity index (χ2v) is 6.64. The third-order valence-corrected chi connectivity index (χ3v) is 4.84. The fourth-order valence-electron chi connectivity index (χ4n) is 2.64. The lowest BCUT2D eigenvalue weighted by atomic mass is 10.1. The number of amides is 1. The molecule has 4 aromatic rings. The van der Waals surface area contributed by atoms with Crippen LogP contribution in [0.1, 0.15) is 10.5 Å². The van der Waals surface area contributed by atoms with Crippen LogP contribution < -0.4 is 5.32 Å². The molecule has 0 aliphatic heterocycles.